The molecule has 2 amide bonds. The molecular formula is C21H20N2O2S. The quantitative estimate of drug-likeness (QED) is 0.749. The number of likely N-dealkylation sites (tertiary alicyclic amines) is 1. The van der Waals surface area contributed by atoms with E-state index in [2.05, 4.69) is 11.4 Å². The molecule has 0 saturated carbocycles. The normalized spacial score (nSPS) is 17.2. The zero-order valence-corrected chi connectivity index (χ0v) is 15.2. The van der Waals surface area contributed by atoms with Crippen LogP contribution in [0.2, 0.25) is 0 Å². The number of nitrogens with one attached hydrogen (secondary N) is 1. The maximum absolute atomic E-state index is 12.7. The molecule has 26 heavy (non-hydrogen) atoms. The Morgan fingerprint density at radius 1 is 1.04 bits per heavy atom. The molecular weight excluding hydrogens is 344 g/mol. The van der Waals surface area contributed by atoms with E-state index in [4.69, 9.17) is 0 Å². The molecule has 1 aliphatic heterocycles. The van der Waals surface area contributed by atoms with Crippen molar-refractivity contribution in [2.45, 2.75) is 12.8 Å². The van der Waals surface area contributed by atoms with Gasteiger partial charge in [-0.05, 0) is 47.2 Å². The number of amides is 2. The fourth-order valence-electron chi connectivity index (χ4n) is 3.44. The number of carbonyl (C=O) groups is 2. The molecule has 1 aliphatic rings. The largest absolute Gasteiger partial charge is 0.337 e. The summed E-state index contributed by atoms with van der Waals surface area (Å²) in [6.45, 7) is 1.20. The van der Waals surface area contributed by atoms with Gasteiger partial charge in [0.25, 0.3) is 5.91 Å². The highest BCUT2D eigenvalue weighted by molar-refractivity contribution is 7.12. The van der Waals surface area contributed by atoms with Crippen LogP contribution in [0.4, 0.5) is 5.69 Å². The number of rotatable bonds is 3. The van der Waals surface area contributed by atoms with E-state index < -0.39 is 0 Å². The Labute approximate surface area is 156 Å². The van der Waals surface area contributed by atoms with E-state index in [9.17, 15) is 9.59 Å². The molecule has 3 aromatic rings. The van der Waals surface area contributed by atoms with Gasteiger partial charge in [0.05, 0.1) is 10.8 Å². The van der Waals surface area contributed by atoms with Gasteiger partial charge in [0.1, 0.15) is 0 Å². The fourth-order valence-corrected chi connectivity index (χ4v) is 4.13. The number of hydrogen-bond donors (Lipinski definition) is 1. The molecule has 0 spiro atoms. The summed E-state index contributed by atoms with van der Waals surface area (Å²) in [5.41, 5.74) is 0.801. The van der Waals surface area contributed by atoms with Gasteiger partial charge in [-0.3, -0.25) is 9.59 Å². The summed E-state index contributed by atoms with van der Waals surface area (Å²) in [6, 6.07) is 17.7. The summed E-state index contributed by atoms with van der Waals surface area (Å²) in [7, 11) is 0. The first-order valence-corrected chi connectivity index (χ1v) is 9.71. The number of piperidine rings is 1. The van der Waals surface area contributed by atoms with Crippen molar-refractivity contribution in [3.05, 3.63) is 64.9 Å². The molecule has 0 bridgehead atoms. The standard InChI is InChI=1S/C21H20N2O2S/c24-20(22-18-10-9-15-5-1-2-6-16(15)13-18)17-7-3-11-23(14-17)21(25)19-8-4-12-26-19/h1-2,4-6,8-10,12-13,17H,3,7,11,14H2,(H,22,24)/t17-/m1/s1. The van der Waals surface area contributed by atoms with E-state index in [0.29, 0.717) is 6.54 Å². The number of anilines is 1. The average Bonchev–Trinajstić information content (AvgIpc) is 3.22. The van der Waals surface area contributed by atoms with E-state index in [1.54, 1.807) is 4.90 Å². The van der Waals surface area contributed by atoms with E-state index in [-0.39, 0.29) is 17.7 Å². The number of thiophene rings is 1. The van der Waals surface area contributed by atoms with Crippen molar-refractivity contribution in [3.63, 3.8) is 0 Å². The van der Waals surface area contributed by atoms with Crippen LogP contribution < -0.4 is 5.32 Å². The van der Waals surface area contributed by atoms with Crippen LogP contribution in [0, 0.1) is 5.92 Å². The molecule has 1 fully saturated rings. The summed E-state index contributed by atoms with van der Waals surface area (Å²) >= 11 is 1.45. The van der Waals surface area contributed by atoms with Gasteiger partial charge >= 0.3 is 0 Å². The van der Waals surface area contributed by atoms with Crippen molar-refractivity contribution in [2.75, 3.05) is 18.4 Å². The minimum absolute atomic E-state index is 0.0102. The Kier molecular flexibility index (Phi) is 4.71. The number of nitrogens with zero attached hydrogens (tertiary/aromatic N) is 1. The number of hydrogen-bond acceptors (Lipinski definition) is 3. The molecule has 1 saturated heterocycles. The second kappa shape index (κ2) is 7.30. The lowest BCUT2D eigenvalue weighted by Crippen LogP contribution is -2.43. The Balaban J connectivity index is 1.44. The Bertz CT molecular complexity index is 936. The van der Waals surface area contributed by atoms with Crippen LogP contribution in [0.1, 0.15) is 22.5 Å². The third-order valence-electron chi connectivity index (χ3n) is 4.83. The smallest absolute Gasteiger partial charge is 0.263 e. The van der Waals surface area contributed by atoms with Crippen molar-refractivity contribution in [2.24, 2.45) is 5.92 Å². The molecule has 4 nitrogen and oxygen atoms in total. The number of benzene rings is 2. The first-order chi connectivity index (χ1) is 12.7. The number of carbonyl (C=O) groups excluding carboxylic acids is 2. The predicted molar refractivity (Wildman–Crippen MR) is 106 cm³/mol. The van der Waals surface area contributed by atoms with Crippen LogP contribution in [0.15, 0.2) is 60.0 Å². The third kappa shape index (κ3) is 3.48. The van der Waals surface area contributed by atoms with Gasteiger partial charge in [-0.2, -0.15) is 0 Å². The lowest BCUT2D eigenvalue weighted by Gasteiger charge is -2.31. The molecule has 5 heteroatoms. The minimum Gasteiger partial charge on any atom is -0.337 e. The highest BCUT2D eigenvalue weighted by Gasteiger charge is 2.29. The van der Waals surface area contributed by atoms with E-state index >= 15 is 0 Å². The molecule has 4 rings (SSSR count). The topological polar surface area (TPSA) is 49.4 Å². The van der Waals surface area contributed by atoms with Crippen molar-refractivity contribution >= 4 is 39.6 Å². The van der Waals surface area contributed by atoms with Crippen molar-refractivity contribution in [1.29, 1.82) is 0 Å². The molecule has 0 aliphatic carbocycles. The zero-order chi connectivity index (χ0) is 17.9. The van der Waals surface area contributed by atoms with Crippen LogP contribution in [-0.4, -0.2) is 29.8 Å². The highest BCUT2D eigenvalue weighted by atomic mass is 32.1. The van der Waals surface area contributed by atoms with Gasteiger partial charge in [-0.25, -0.2) is 0 Å². The molecule has 1 aromatic heterocycles. The van der Waals surface area contributed by atoms with Crippen LogP contribution in [0.5, 0.6) is 0 Å². The summed E-state index contributed by atoms with van der Waals surface area (Å²) in [4.78, 5) is 27.8. The first kappa shape index (κ1) is 16.8. The van der Waals surface area contributed by atoms with Crippen LogP contribution in [-0.2, 0) is 4.79 Å². The van der Waals surface area contributed by atoms with Crippen molar-refractivity contribution in [3.8, 4) is 0 Å². The molecule has 2 heterocycles. The molecule has 132 valence electrons. The van der Waals surface area contributed by atoms with Gasteiger partial charge in [0.2, 0.25) is 5.91 Å². The Morgan fingerprint density at radius 2 is 1.88 bits per heavy atom. The minimum atomic E-state index is -0.167. The van der Waals surface area contributed by atoms with Gasteiger partial charge in [0, 0.05) is 18.8 Å². The van der Waals surface area contributed by atoms with Crippen LogP contribution in [0.3, 0.4) is 0 Å². The average molecular weight is 364 g/mol. The molecule has 1 atom stereocenters. The summed E-state index contributed by atoms with van der Waals surface area (Å²) in [5.74, 6) is -0.147. The van der Waals surface area contributed by atoms with Gasteiger partial charge in [-0.1, -0.05) is 36.4 Å². The first-order valence-electron chi connectivity index (χ1n) is 8.83. The Morgan fingerprint density at radius 3 is 2.69 bits per heavy atom. The zero-order valence-electron chi connectivity index (χ0n) is 14.4. The van der Waals surface area contributed by atoms with Crippen molar-refractivity contribution < 1.29 is 9.59 Å². The van der Waals surface area contributed by atoms with Crippen LogP contribution in [0.25, 0.3) is 10.8 Å². The fraction of sp³-hybridized carbons (Fsp3) is 0.238. The number of fused-ring (bicyclic) bond motifs is 1. The van der Waals surface area contributed by atoms with Crippen LogP contribution >= 0.6 is 11.3 Å². The summed E-state index contributed by atoms with van der Waals surface area (Å²) in [5, 5.41) is 7.18. The Hall–Kier alpha value is -2.66. The molecule has 2 aromatic carbocycles. The van der Waals surface area contributed by atoms with Gasteiger partial charge in [-0.15, -0.1) is 11.3 Å². The second-order valence-electron chi connectivity index (χ2n) is 6.62. The maximum atomic E-state index is 12.7. The second-order valence-corrected chi connectivity index (χ2v) is 7.57. The lowest BCUT2D eigenvalue weighted by atomic mass is 9.96. The molecule has 1 N–H and O–H groups in total. The van der Waals surface area contributed by atoms with Crippen molar-refractivity contribution in [1.82, 2.24) is 4.90 Å². The van der Waals surface area contributed by atoms with E-state index in [1.165, 1.54) is 11.3 Å². The lowest BCUT2D eigenvalue weighted by molar-refractivity contribution is -0.121. The molecule has 0 unspecified atom stereocenters. The maximum Gasteiger partial charge on any atom is 0.263 e. The molecule has 0 radical (unpaired) electrons. The van der Waals surface area contributed by atoms with Gasteiger partial charge in [0.15, 0.2) is 0 Å². The van der Waals surface area contributed by atoms with E-state index in [0.717, 1.165) is 40.7 Å². The highest BCUT2D eigenvalue weighted by Crippen LogP contribution is 2.23. The third-order valence-corrected chi connectivity index (χ3v) is 5.69. The summed E-state index contributed by atoms with van der Waals surface area (Å²) < 4.78 is 0. The summed E-state index contributed by atoms with van der Waals surface area (Å²) in [6.07, 6.45) is 1.67. The van der Waals surface area contributed by atoms with E-state index in [1.807, 2.05) is 53.9 Å². The predicted octanol–water partition coefficient (Wildman–Crippen LogP) is 4.39. The monoisotopic (exact) mass is 364 g/mol. The van der Waals surface area contributed by atoms with Gasteiger partial charge < -0.3 is 10.2 Å². The SMILES string of the molecule is O=C(Nc1ccc2ccccc2c1)[C@@H]1CCCN(C(=O)c2cccs2)C1.